The van der Waals surface area contributed by atoms with Gasteiger partial charge in [-0.1, -0.05) is 29.3 Å². The minimum atomic E-state index is -0.563. The van der Waals surface area contributed by atoms with Crippen molar-refractivity contribution in [3.05, 3.63) is 61.0 Å². The molecule has 0 spiro atoms. The summed E-state index contributed by atoms with van der Waals surface area (Å²) in [7, 11) is 2.79. The number of carbonyl (C=O) groups excluding carboxylic acids is 1. The Hall–Kier alpha value is -2.75. The van der Waals surface area contributed by atoms with Crippen LogP contribution >= 0.6 is 35.0 Å². The summed E-state index contributed by atoms with van der Waals surface area (Å²) in [5, 5.41) is 14.9. The number of hydrogen-bond acceptors (Lipinski definition) is 7. The van der Waals surface area contributed by atoms with Gasteiger partial charge in [-0.05, 0) is 36.0 Å². The number of hydrogen-bond donors (Lipinski definition) is 1. The third kappa shape index (κ3) is 4.47. The SMILES string of the molecule is COc1cc(/C=C2\SC(=Nc3cccc(Cl)c3Cl)NC2=O)c([N+](=O)[O-])cc1OC. The topological polar surface area (TPSA) is 103 Å². The minimum Gasteiger partial charge on any atom is -0.493 e. The van der Waals surface area contributed by atoms with E-state index in [1.54, 1.807) is 18.2 Å². The number of rotatable bonds is 5. The third-order valence-electron chi connectivity index (χ3n) is 3.82. The Morgan fingerprint density at radius 2 is 1.90 bits per heavy atom. The second-order valence-electron chi connectivity index (χ2n) is 5.58. The molecule has 1 heterocycles. The van der Waals surface area contributed by atoms with Crippen LogP contribution in [0.4, 0.5) is 11.4 Å². The molecule has 0 atom stereocenters. The second kappa shape index (κ2) is 8.73. The lowest BCUT2D eigenvalue weighted by Crippen LogP contribution is -2.19. The molecule has 0 aromatic heterocycles. The average Bonchev–Trinajstić information content (AvgIpc) is 3.03. The van der Waals surface area contributed by atoms with Gasteiger partial charge in [-0.15, -0.1) is 0 Å². The van der Waals surface area contributed by atoms with E-state index < -0.39 is 10.8 Å². The van der Waals surface area contributed by atoms with Crippen molar-refractivity contribution in [2.75, 3.05) is 14.2 Å². The van der Waals surface area contributed by atoms with Gasteiger partial charge in [0.05, 0.1) is 51.4 Å². The number of nitrogens with zero attached hydrogens (tertiary/aromatic N) is 2. The maximum absolute atomic E-state index is 12.3. The summed E-state index contributed by atoms with van der Waals surface area (Å²) in [6.07, 6.45) is 1.39. The largest absolute Gasteiger partial charge is 0.493 e. The fraction of sp³-hybridized carbons (Fsp3) is 0.111. The molecule has 0 saturated carbocycles. The number of nitro benzene ring substituents is 1. The van der Waals surface area contributed by atoms with Crippen LogP contribution in [0, 0.1) is 10.1 Å². The zero-order valence-corrected chi connectivity index (χ0v) is 17.4. The molecule has 0 radical (unpaired) electrons. The van der Waals surface area contributed by atoms with Gasteiger partial charge in [0, 0.05) is 0 Å². The Morgan fingerprint density at radius 1 is 1.21 bits per heavy atom. The summed E-state index contributed by atoms with van der Waals surface area (Å²) in [6.45, 7) is 0. The molecule has 2 aromatic rings. The van der Waals surface area contributed by atoms with E-state index >= 15 is 0 Å². The minimum absolute atomic E-state index is 0.187. The van der Waals surface area contributed by atoms with Crippen molar-refractivity contribution in [3.8, 4) is 11.5 Å². The number of methoxy groups -OCH3 is 2. The van der Waals surface area contributed by atoms with E-state index in [-0.39, 0.29) is 32.1 Å². The van der Waals surface area contributed by atoms with Crippen molar-refractivity contribution < 1.29 is 19.2 Å². The van der Waals surface area contributed by atoms with E-state index in [1.807, 2.05) is 0 Å². The van der Waals surface area contributed by atoms with Gasteiger partial charge in [0.1, 0.15) is 0 Å². The van der Waals surface area contributed by atoms with Crippen molar-refractivity contribution in [2.24, 2.45) is 4.99 Å². The van der Waals surface area contributed by atoms with Crippen molar-refractivity contribution in [1.29, 1.82) is 0 Å². The molecule has 1 aliphatic heterocycles. The summed E-state index contributed by atoms with van der Waals surface area (Å²) in [5.41, 5.74) is 0.347. The van der Waals surface area contributed by atoms with Gasteiger partial charge >= 0.3 is 0 Å². The summed E-state index contributed by atoms with van der Waals surface area (Å²) in [4.78, 5) is 27.7. The summed E-state index contributed by atoms with van der Waals surface area (Å²) in [5.74, 6) is 0.0617. The van der Waals surface area contributed by atoms with E-state index in [4.69, 9.17) is 32.7 Å². The number of halogens is 2. The third-order valence-corrected chi connectivity index (χ3v) is 5.54. The molecule has 1 N–H and O–H groups in total. The molecule has 150 valence electrons. The number of thioether (sulfide) groups is 1. The molecular formula is C18H13Cl2N3O5S. The van der Waals surface area contributed by atoms with Crippen LogP contribution in [-0.4, -0.2) is 30.2 Å². The second-order valence-corrected chi connectivity index (χ2v) is 7.39. The summed E-state index contributed by atoms with van der Waals surface area (Å²) in [6, 6.07) is 7.62. The van der Waals surface area contributed by atoms with Crippen molar-refractivity contribution in [1.82, 2.24) is 5.32 Å². The smallest absolute Gasteiger partial charge is 0.280 e. The zero-order chi connectivity index (χ0) is 21.1. The lowest BCUT2D eigenvalue weighted by molar-refractivity contribution is -0.385. The molecule has 2 aromatic carbocycles. The Balaban J connectivity index is 1.99. The fourth-order valence-electron chi connectivity index (χ4n) is 2.47. The van der Waals surface area contributed by atoms with Gasteiger partial charge in [-0.2, -0.15) is 0 Å². The molecule has 1 saturated heterocycles. The normalized spacial score (nSPS) is 16.2. The van der Waals surface area contributed by atoms with Crippen molar-refractivity contribution >= 4 is 63.5 Å². The first-order valence-corrected chi connectivity index (χ1v) is 9.55. The predicted octanol–water partition coefficient (Wildman–Crippen LogP) is 4.81. The maximum Gasteiger partial charge on any atom is 0.280 e. The summed E-state index contributed by atoms with van der Waals surface area (Å²) < 4.78 is 10.3. The lowest BCUT2D eigenvalue weighted by Gasteiger charge is -2.08. The van der Waals surface area contributed by atoms with Crippen LogP contribution in [0.5, 0.6) is 11.5 Å². The van der Waals surface area contributed by atoms with Crippen molar-refractivity contribution in [3.63, 3.8) is 0 Å². The van der Waals surface area contributed by atoms with Crippen LogP contribution < -0.4 is 14.8 Å². The number of nitro groups is 1. The molecular weight excluding hydrogens is 441 g/mol. The van der Waals surface area contributed by atoms with Crippen LogP contribution in [0.3, 0.4) is 0 Å². The highest BCUT2D eigenvalue weighted by atomic mass is 35.5. The van der Waals surface area contributed by atoms with Gasteiger partial charge in [0.25, 0.3) is 11.6 Å². The molecule has 8 nitrogen and oxygen atoms in total. The predicted molar refractivity (Wildman–Crippen MR) is 113 cm³/mol. The lowest BCUT2D eigenvalue weighted by atomic mass is 10.1. The zero-order valence-electron chi connectivity index (χ0n) is 15.1. The first-order valence-electron chi connectivity index (χ1n) is 7.98. The van der Waals surface area contributed by atoms with Gasteiger partial charge < -0.3 is 14.8 Å². The fourth-order valence-corrected chi connectivity index (χ4v) is 3.63. The monoisotopic (exact) mass is 453 g/mol. The average molecular weight is 454 g/mol. The highest BCUT2D eigenvalue weighted by Gasteiger charge is 2.26. The molecule has 1 aliphatic rings. The molecule has 0 bridgehead atoms. The van der Waals surface area contributed by atoms with E-state index in [0.29, 0.717) is 16.5 Å². The van der Waals surface area contributed by atoms with Crippen molar-refractivity contribution in [2.45, 2.75) is 0 Å². The Labute approximate surface area is 179 Å². The molecule has 29 heavy (non-hydrogen) atoms. The molecule has 11 heteroatoms. The number of nitrogens with one attached hydrogen (secondary N) is 1. The Morgan fingerprint density at radius 3 is 2.55 bits per heavy atom. The summed E-state index contributed by atoms with van der Waals surface area (Å²) >= 11 is 13.1. The van der Waals surface area contributed by atoms with Crippen LogP contribution in [0.15, 0.2) is 40.2 Å². The number of amides is 1. The Bertz CT molecular complexity index is 1070. The van der Waals surface area contributed by atoms with Gasteiger partial charge in [0.2, 0.25) is 0 Å². The first-order chi connectivity index (χ1) is 13.8. The van der Waals surface area contributed by atoms with Crippen LogP contribution in [0.1, 0.15) is 5.56 Å². The van der Waals surface area contributed by atoms with Crippen LogP contribution in [0.2, 0.25) is 10.0 Å². The van der Waals surface area contributed by atoms with Gasteiger partial charge in [0.15, 0.2) is 16.7 Å². The number of aliphatic imine (C=N–C) groups is 1. The van der Waals surface area contributed by atoms with Gasteiger partial charge in [-0.25, -0.2) is 4.99 Å². The van der Waals surface area contributed by atoms with Crippen LogP contribution in [-0.2, 0) is 4.79 Å². The molecule has 1 fully saturated rings. The number of benzene rings is 2. The Kier molecular flexibility index (Phi) is 6.31. The quantitative estimate of drug-likeness (QED) is 0.395. The van der Waals surface area contributed by atoms with E-state index in [2.05, 4.69) is 10.3 Å². The number of amidine groups is 1. The van der Waals surface area contributed by atoms with E-state index in [1.165, 1.54) is 32.4 Å². The van der Waals surface area contributed by atoms with E-state index in [0.717, 1.165) is 11.8 Å². The highest BCUT2D eigenvalue weighted by molar-refractivity contribution is 8.18. The van der Waals surface area contributed by atoms with E-state index in [9.17, 15) is 14.9 Å². The number of ether oxygens (including phenoxy) is 2. The standard InChI is InChI=1S/C18H13Cl2N3O5S/c1-27-13-6-9(12(23(25)26)8-14(13)28-2)7-15-17(24)22-18(29-15)21-11-5-3-4-10(19)16(11)20/h3-8H,1-2H3,(H,21,22,24)/b15-7-. The molecule has 0 aliphatic carbocycles. The van der Waals surface area contributed by atoms with Gasteiger partial charge in [-0.3, -0.25) is 14.9 Å². The maximum atomic E-state index is 12.3. The first kappa shape index (κ1) is 21.0. The molecule has 0 unspecified atom stereocenters. The molecule has 1 amide bonds. The molecule has 3 rings (SSSR count). The van der Waals surface area contributed by atoms with Crippen LogP contribution in [0.25, 0.3) is 6.08 Å². The highest BCUT2D eigenvalue weighted by Crippen LogP contribution is 2.38. The number of carbonyl (C=O) groups is 1.